The van der Waals surface area contributed by atoms with Crippen LogP contribution in [0.3, 0.4) is 0 Å². The lowest BCUT2D eigenvalue weighted by Crippen LogP contribution is -3.61. The van der Waals surface area contributed by atoms with E-state index in [0.717, 1.165) is 0 Å². The van der Waals surface area contributed by atoms with Gasteiger partial charge in [0, 0.05) is 11.1 Å². The lowest BCUT2D eigenvalue weighted by Gasteiger charge is -2.00. The van der Waals surface area contributed by atoms with Gasteiger partial charge >= 0.3 is 27.4 Å². The van der Waals surface area contributed by atoms with Crippen molar-refractivity contribution in [1.29, 1.82) is 0 Å². The van der Waals surface area contributed by atoms with E-state index in [2.05, 4.69) is 48.5 Å². The van der Waals surface area contributed by atoms with Crippen LogP contribution in [0.25, 0.3) is 11.1 Å². The first kappa shape index (κ1) is 17.2. The van der Waals surface area contributed by atoms with Gasteiger partial charge in [-0.1, -0.05) is 24.3 Å². The molecule has 0 aromatic heterocycles. The SMILES string of the molecule is O=S(=O)(O)CC(F)(F)F.c1ccc2c(c1)[I+]c1ccccc1-2. The molecule has 0 amide bonds. The highest BCUT2D eigenvalue weighted by Crippen LogP contribution is 2.21. The topological polar surface area (TPSA) is 54.4 Å². The Bertz CT molecular complexity index is 729. The van der Waals surface area contributed by atoms with E-state index >= 15 is 0 Å². The second kappa shape index (κ2) is 6.55. The molecule has 1 N–H and O–H groups in total. The van der Waals surface area contributed by atoms with Crippen LogP contribution >= 0.6 is 0 Å². The van der Waals surface area contributed by atoms with E-state index in [0.29, 0.717) is 0 Å². The lowest BCUT2D eigenvalue weighted by atomic mass is 10.1. The van der Waals surface area contributed by atoms with Crippen molar-refractivity contribution >= 4 is 10.1 Å². The number of benzene rings is 2. The highest BCUT2D eigenvalue weighted by molar-refractivity contribution is 7.85. The van der Waals surface area contributed by atoms with Gasteiger partial charge < -0.3 is 0 Å². The molecule has 0 saturated heterocycles. The lowest BCUT2D eigenvalue weighted by molar-refractivity contribution is -0.589. The minimum Gasteiger partial charge on any atom is -0.285 e. The molecule has 8 heteroatoms. The van der Waals surface area contributed by atoms with Gasteiger partial charge in [-0.2, -0.15) is 21.6 Å². The van der Waals surface area contributed by atoms with Crippen LogP contribution in [-0.4, -0.2) is 24.9 Å². The molecule has 0 fully saturated rings. The third-order valence-corrected chi connectivity index (χ3v) is 6.32. The van der Waals surface area contributed by atoms with Gasteiger partial charge in [0.1, 0.15) is 0 Å². The zero-order valence-electron chi connectivity index (χ0n) is 11.0. The van der Waals surface area contributed by atoms with Gasteiger partial charge in [0.05, 0.1) is 0 Å². The predicted molar refractivity (Wildman–Crippen MR) is 71.7 cm³/mol. The summed E-state index contributed by atoms with van der Waals surface area (Å²) in [6.07, 6.45) is -4.85. The summed E-state index contributed by atoms with van der Waals surface area (Å²) in [5, 5.41) is 0. The average Bonchev–Trinajstić information content (AvgIpc) is 2.73. The molecule has 2 aromatic carbocycles. The van der Waals surface area contributed by atoms with Crippen molar-refractivity contribution in [1.82, 2.24) is 0 Å². The highest BCUT2D eigenvalue weighted by atomic mass is 127. The first-order chi connectivity index (χ1) is 10.2. The van der Waals surface area contributed by atoms with Crippen LogP contribution in [-0.2, 0) is 10.1 Å². The molecule has 1 aliphatic heterocycles. The molecule has 1 heterocycles. The largest absolute Gasteiger partial charge is 0.405 e. The summed E-state index contributed by atoms with van der Waals surface area (Å²) >= 11 is 0.103. The van der Waals surface area contributed by atoms with Crippen molar-refractivity contribution in [2.24, 2.45) is 0 Å². The highest BCUT2D eigenvalue weighted by Gasteiger charge is 2.34. The minimum atomic E-state index is -4.91. The second-order valence-corrected chi connectivity index (χ2v) is 8.71. The molecule has 0 bridgehead atoms. The Morgan fingerprint density at radius 3 is 1.64 bits per heavy atom. The maximum absolute atomic E-state index is 11.0. The normalized spacial score (nSPS) is 12.9. The molecule has 0 atom stereocenters. The number of alkyl halides is 3. The van der Waals surface area contributed by atoms with Gasteiger partial charge in [-0.25, -0.2) is 0 Å². The smallest absolute Gasteiger partial charge is 0.285 e. The fourth-order valence-corrected chi connectivity index (χ4v) is 5.18. The summed E-state index contributed by atoms with van der Waals surface area (Å²) in [6, 6.07) is 17.6. The van der Waals surface area contributed by atoms with Gasteiger partial charge in [0.25, 0.3) is 10.1 Å². The molecular weight excluding hydrogens is 432 g/mol. The van der Waals surface area contributed by atoms with E-state index in [1.54, 1.807) is 7.14 Å². The summed E-state index contributed by atoms with van der Waals surface area (Å²) < 4.78 is 62.8. The van der Waals surface area contributed by atoms with E-state index in [1.165, 1.54) is 11.1 Å². The fraction of sp³-hybridized carbons (Fsp3) is 0.143. The number of hydrogen-bond acceptors (Lipinski definition) is 2. The Kier molecular flexibility index (Phi) is 5.13. The van der Waals surface area contributed by atoms with Crippen LogP contribution < -0.4 is 21.2 Å². The zero-order chi connectivity index (χ0) is 16.4. The molecule has 0 radical (unpaired) electrons. The number of rotatable bonds is 1. The quantitative estimate of drug-likeness (QED) is 0.433. The molecule has 2 aromatic rings. The monoisotopic (exact) mass is 443 g/mol. The van der Waals surface area contributed by atoms with Crippen LogP contribution in [0.5, 0.6) is 0 Å². The van der Waals surface area contributed by atoms with Gasteiger partial charge in [-0.3, -0.25) is 4.55 Å². The standard InChI is InChI=1S/C12H8I.C2H3F3O3S/c1-3-7-11-9(5-1)10-6-2-4-8-12(10)13-11;3-2(4,5)1-9(6,7)8/h1-8H;1H2,(H,6,7,8)/q+1;. The number of fused-ring (bicyclic) bond motifs is 3. The van der Waals surface area contributed by atoms with Crippen molar-refractivity contribution < 1.29 is 47.3 Å². The van der Waals surface area contributed by atoms with Crippen molar-refractivity contribution in [3.8, 4) is 11.1 Å². The van der Waals surface area contributed by atoms with Crippen LogP contribution in [0.4, 0.5) is 13.2 Å². The molecule has 0 unspecified atom stereocenters. The first-order valence-corrected chi connectivity index (χ1v) is 9.77. The molecule has 0 saturated carbocycles. The van der Waals surface area contributed by atoms with Crippen LogP contribution in [0.15, 0.2) is 48.5 Å². The molecule has 1 aliphatic rings. The van der Waals surface area contributed by atoms with E-state index in [1.807, 2.05) is 0 Å². The predicted octanol–water partition coefficient (Wildman–Crippen LogP) is 0.232. The Hall–Kier alpha value is -1.13. The summed E-state index contributed by atoms with van der Waals surface area (Å²) in [6.45, 7) is 0. The molecule has 0 aliphatic carbocycles. The fourth-order valence-electron chi connectivity index (χ4n) is 1.84. The molecule has 3 nitrogen and oxygen atoms in total. The molecule has 22 heavy (non-hydrogen) atoms. The van der Waals surface area contributed by atoms with Crippen LogP contribution in [0.1, 0.15) is 0 Å². The van der Waals surface area contributed by atoms with Gasteiger partial charge in [-0.05, 0) is 24.3 Å². The maximum Gasteiger partial charge on any atom is 0.405 e. The zero-order valence-corrected chi connectivity index (χ0v) is 14.0. The van der Waals surface area contributed by atoms with Gasteiger partial charge in [0.2, 0.25) is 7.14 Å². The van der Waals surface area contributed by atoms with Crippen molar-refractivity contribution in [3.63, 3.8) is 0 Å². The molecule has 0 spiro atoms. The third-order valence-electron chi connectivity index (χ3n) is 2.59. The van der Waals surface area contributed by atoms with Gasteiger partial charge in [-0.15, -0.1) is 0 Å². The van der Waals surface area contributed by atoms with Crippen molar-refractivity contribution in [3.05, 3.63) is 55.7 Å². The Labute approximate surface area is 136 Å². The summed E-state index contributed by atoms with van der Waals surface area (Å²) in [5.74, 6) is -2.18. The number of halogens is 4. The summed E-state index contributed by atoms with van der Waals surface area (Å²) in [4.78, 5) is 0. The summed E-state index contributed by atoms with van der Waals surface area (Å²) in [5.41, 5.74) is 2.93. The maximum atomic E-state index is 11.0. The number of hydrogen-bond donors (Lipinski definition) is 1. The molecular formula is C14H11F3IO3S+. The van der Waals surface area contributed by atoms with E-state index in [4.69, 9.17) is 4.55 Å². The van der Waals surface area contributed by atoms with Gasteiger partial charge in [0.15, 0.2) is 5.75 Å². The summed E-state index contributed by atoms with van der Waals surface area (Å²) in [7, 11) is -4.91. The van der Waals surface area contributed by atoms with E-state index in [9.17, 15) is 21.6 Å². The van der Waals surface area contributed by atoms with E-state index in [-0.39, 0.29) is 21.2 Å². The molecule has 3 rings (SSSR count). The average molecular weight is 443 g/mol. The second-order valence-electron chi connectivity index (χ2n) is 4.40. The third kappa shape index (κ3) is 4.96. The van der Waals surface area contributed by atoms with E-state index < -0.39 is 22.0 Å². The minimum absolute atomic E-state index is 0.103. The van der Waals surface area contributed by atoms with Crippen molar-refractivity contribution in [2.75, 3.05) is 5.75 Å². The first-order valence-electron chi connectivity index (χ1n) is 6.01. The molecule has 118 valence electrons. The Balaban J connectivity index is 0.000000175. The Morgan fingerprint density at radius 1 is 0.909 bits per heavy atom. The van der Waals surface area contributed by atoms with Crippen LogP contribution in [0, 0.1) is 7.14 Å². The van der Waals surface area contributed by atoms with Crippen molar-refractivity contribution in [2.45, 2.75) is 6.18 Å². The Morgan fingerprint density at radius 2 is 1.32 bits per heavy atom. The van der Waals surface area contributed by atoms with Crippen LogP contribution in [0.2, 0.25) is 0 Å².